The lowest BCUT2D eigenvalue weighted by Crippen LogP contribution is -2.48. The molecule has 0 aromatic heterocycles. The lowest BCUT2D eigenvalue weighted by Gasteiger charge is -2.39. The number of hydrazine groups is 1. The average Bonchev–Trinajstić information content (AvgIpc) is 2.94. The van der Waals surface area contributed by atoms with Crippen LogP contribution in [0.25, 0.3) is 0 Å². The molecule has 0 amide bonds. The summed E-state index contributed by atoms with van der Waals surface area (Å²) in [5.74, 6) is 7.62. The molecule has 2 nitrogen and oxygen atoms in total. The molecule has 94 valence electrons. The number of hydrogen-bond donors (Lipinski definition) is 2. The number of hydrogen-bond acceptors (Lipinski definition) is 2. The molecule has 3 N–H and O–H groups in total. The van der Waals surface area contributed by atoms with Gasteiger partial charge in [0.15, 0.2) is 0 Å². The zero-order valence-electron chi connectivity index (χ0n) is 11.0. The van der Waals surface area contributed by atoms with Crippen molar-refractivity contribution >= 4 is 0 Å². The zero-order valence-corrected chi connectivity index (χ0v) is 11.0. The van der Waals surface area contributed by atoms with E-state index in [1.807, 2.05) is 0 Å². The summed E-state index contributed by atoms with van der Waals surface area (Å²) in [6.07, 6.45) is 11.2. The lowest BCUT2D eigenvalue weighted by atomic mass is 9.71. The summed E-state index contributed by atoms with van der Waals surface area (Å²) in [5.41, 5.74) is 3.68. The van der Waals surface area contributed by atoms with Crippen molar-refractivity contribution in [1.29, 1.82) is 0 Å². The van der Waals surface area contributed by atoms with Crippen molar-refractivity contribution in [3.8, 4) is 0 Å². The van der Waals surface area contributed by atoms with Gasteiger partial charge in [0, 0.05) is 6.04 Å². The van der Waals surface area contributed by atoms with Gasteiger partial charge in [-0.3, -0.25) is 11.3 Å². The van der Waals surface area contributed by atoms with Gasteiger partial charge in [0.1, 0.15) is 0 Å². The van der Waals surface area contributed by atoms with Gasteiger partial charge in [0.2, 0.25) is 0 Å². The highest BCUT2D eigenvalue weighted by Gasteiger charge is 2.43. The van der Waals surface area contributed by atoms with Crippen molar-refractivity contribution in [3.63, 3.8) is 0 Å². The molecule has 0 bridgehead atoms. The number of nitrogens with two attached hydrogens (primary N) is 1. The van der Waals surface area contributed by atoms with Gasteiger partial charge < -0.3 is 0 Å². The third-order valence-electron chi connectivity index (χ3n) is 4.62. The Kier molecular flexibility index (Phi) is 3.91. The molecule has 16 heavy (non-hydrogen) atoms. The van der Waals surface area contributed by atoms with E-state index in [-0.39, 0.29) is 0 Å². The maximum Gasteiger partial charge on any atom is 0.0269 e. The first kappa shape index (κ1) is 12.4. The van der Waals surface area contributed by atoms with Gasteiger partial charge in [-0.1, -0.05) is 39.5 Å². The van der Waals surface area contributed by atoms with Crippen LogP contribution in [0.15, 0.2) is 0 Å². The second kappa shape index (κ2) is 5.05. The van der Waals surface area contributed by atoms with Crippen LogP contribution in [0.1, 0.15) is 65.2 Å². The van der Waals surface area contributed by atoms with Gasteiger partial charge in [-0.05, 0) is 42.9 Å². The molecule has 0 radical (unpaired) electrons. The fraction of sp³-hybridized carbons (Fsp3) is 1.00. The maximum atomic E-state index is 5.84. The minimum atomic E-state index is 0.519. The fourth-order valence-corrected chi connectivity index (χ4v) is 3.77. The maximum absolute atomic E-state index is 5.84. The van der Waals surface area contributed by atoms with Crippen LogP contribution in [0.5, 0.6) is 0 Å². The van der Waals surface area contributed by atoms with Gasteiger partial charge in [-0.2, -0.15) is 0 Å². The van der Waals surface area contributed by atoms with Crippen LogP contribution in [0.4, 0.5) is 0 Å². The van der Waals surface area contributed by atoms with Gasteiger partial charge in [-0.15, -0.1) is 0 Å². The van der Waals surface area contributed by atoms with Gasteiger partial charge >= 0.3 is 0 Å². The van der Waals surface area contributed by atoms with Crippen molar-refractivity contribution in [2.45, 2.75) is 71.3 Å². The van der Waals surface area contributed by atoms with E-state index in [9.17, 15) is 0 Å². The number of rotatable bonds is 6. The second-order valence-electron chi connectivity index (χ2n) is 6.57. The minimum absolute atomic E-state index is 0.519. The van der Waals surface area contributed by atoms with E-state index in [2.05, 4.69) is 19.3 Å². The Morgan fingerprint density at radius 3 is 2.31 bits per heavy atom. The summed E-state index contributed by atoms with van der Waals surface area (Å²) < 4.78 is 0. The summed E-state index contributed by atoms with van der Waals surface area (Å²) in [4.78, 5) is 0. The molecule has 0 saturated heterocycles. The largest absolute Gasteiger partial charge is 0.271 e. The Bertz CT molecular complexity index is 215. The molecule has 2 aliphatic carbocycles. The zero-order chi connectivity index (χ0) is 11.6. The van der Waals surface area contributed by atoms with E-state index >= 15 is 0 Å². The van der Waals surface area contributed by atoms with E-state index in [1.54, 1.807) is 0 Å². The molecule has 0 aromatic carbocycles. The van der Waals surface area contributed by atoms with Crippen molar-refractivity contribution < 1.29 is 0 Å². The fourth-order valence-electron chi connectivity index (χ4n) is 3.77. The van der Waals surface area contributed by atoms with Crippen LogP contribution in [-0.2, 0) is 0 Å². The Morgan fingerprint density at radius 1 is 1.25 bits per heavy atom. The Labute approximate surface area is 100 Å². The first-order chi connectivity index (χ1) is 7.66. The molecule has 2 rings (SSSR count). The van der Waals surface area contributed by atoms with Crippen LogP contribution in [-0.4, -0.2) is 6.04 Å². The molecule has 2 fully saturated rings. The van der Waals surface area contributed by atoms with Crippen molar-refractivity contribution in [1.82, 2.24) is 5.43 Å². The first-order valence-electron chi connectivity index (χ1n) is 7.12. The molecule has 1 atom stereocenters. The summed E-state index contributed by atoms with van der Waals surface area (Å²) in [7, 11) is 0. The third kappa shape index (κ3) is 2.78. The summed E-state index contributed by atoms with van der Waals surface area (Å²) in [6, 6.07) is 0.574. The quantitative estimate of drug-likeness (QED) is 0.537. The third-order valence-corrected chi connectivity index (χ3v) is 4.62. The van der Waals surface area contributed by atoms with Crippen LogP contribution in [0, 0.1) is 17.3 Å². The average molecular weight is 224 g/mol. The smallest absolute Gasteiger partial charge is 0.0269 e. The van der Waals surface area contributed by atoms with Crippen molar-refractivity contribution in [2.24, 2.45) is 23.1 Å². The predicted molar refractivity (Wildman–Crippen MR) is 68.8 cm³/mol. The van der Waals surface area contributed by atoms with Gasteiger partial charge in [0.05, 0.1) is 0 Å². The monoisotopic (exact) mass is 224 g/mol. The standard InChI is InChI=1S/C14H28N2/c1-11(2)10-14(7-3-4-8-14)13(16-15)9-12-5-6-12/h11-13,16H,3-10,15H2,1-2H3. The number of nitrogens with one attached hydrogen (secondary N) is 1. The highest BCUT2D eigenvalue weighted by Crippen LogP contribution is 2.49. The molecule has 0 heterocycles. The van der Waals surface area contributed by atoms with E-state index in [1.165, 1.54) is 51.4 Å². The van der Waals surface area contributed by atoms with Crippen LogP contribution in [0.2, 0.25) is 0 Å². The molecule has 2 saturated carbocycles. The summed E-state index contributed by atoms with van der Waals surface area (Å²) in [5, 5.41) is 0. The van der Waals surface area contributed by atoms with E-state index in [0.717, 1.165) is 11.8 Å². The van der Waals surface area contributed by atoms with Crippen LogP contribution >= 0.6 is 0 Å². The van der Waals surface area contributed by atoms with Crippen LogP contribution in [0.3, 0.4) is 0 Å². The first-order valence-corrected chi connectivity index (χ1v) is 7.12. The van der Waals surface area contributed by atoms with E-state index in [4.69, 9.17) is 5.84 Å². The van der Waals surface area contributed by atoms with Gasteiger partial charge in [-0.25, -0.2) is 0 Å². The summed E-state index contributed by atoms with van der Waals surface area (Å²) >= 11 is 0. The van der Waals surface area contributed by atoms with Crippen molar-refractivity contribution in [2.75, 3.05) is 0 Å². The molecule has 0 spiro atoms. The molecule has 2 aliphatic rings. The van der Waals surface area contributed by atoms with Gasteiger partial charge in [0.25, 0.3) is 0 Å². The predicted octanol–water partition coefficient (Wildman–Crippen LogP) is 3.22. The Morgan fingerprint density at radius 2 is 1.88 bits per heavy atom. The highest BCUT2D eigenvalue weighted by molar-refractivity contribution is 4.96. The normalized spacial score (nSPS) is 26.2. The second-order valence-corrected chi connectivity index (χ2v) is 6.57. The molecule has 0 aliphatic heterocycles. The Balaban J connectivity index is 2.02. The summed E-state index contributed by atoms with van der Waals surface area (Å²) in [6.45, 7) is 4.70. The molecule has 0 aromatic rings. The highest BCUT2D eigenvalue weighted by atomic mass is 15.2. The Hall–Kier alpha value is -0.0800. The minimum Gasteiger partial charge on any atom is -0.271 e. The van der Waals surface area contributed by atoms with Crippen LogP contribution < -0.4 is 11.3 Å². The topological polar surface area (TPSA) is 38.0 Å². The molecule has 1 unspecified atom stereocenters. The van der Waals surface area contributed by atoms with Crippen molar-refractivity contribution in [3.05, 3.63) is 0 Å². The van der Waals surface area contributed by atoms with E-state index < -0.39 is 0 Å². The molecular weight excluding hydrogens is 196 g/mol. The molecule has 2 heteroatoms. The lowest BCUT2D eigenvalue weighted by molar-refractivity contribution is 0.143. The van der Waals surface area contributed by atoms with E-state index in [0.29, 0.717) is 11.5 Å². The molecular formula is C14H28N2. The SMILES string of the molecule is CC(C)CC1(C(CC2CC2)NN)CCCC1.